The van der Waals surface area contributed by atoms with Crippen LogP contribution in [0.1, 0.15) is 43.1 Å². The van der Waals surface area contributed by atoms with E-state index in [2.05, 4.69) is 5.32 Å². The zero-order valence-corrected chi connectivity index (χ0v) is 17.7. The van der Waals surface area contributed by atoms with Gasteiger partial charge in [0.05, 0.1) is 11.5 Å². The van der Waals surface area contributed by atoms with Crippen LogP contribution in [0.2, 0.25) is 0 Å². The van der Waals surface area contributed by atoms with Gasteiger partial charge in [-0.2, -0.15) is 16.8 Å². The van der Waals surface area contributed by atoms with Crippen molar-refractivity contribution in [2.75, 3.05) is 29.5 Å². The molecule has 1 aliphatic rings. The van der Waals surface area contributed by atoms with Crippen LogP contribution in [0.25, 0.3) is 0 Å². The molecule has 0 saturated heterocycles. The van der Waals surface area contributed by atoms with Gasteiger partial charge in [0.2, 0.25) is 0 Å². The quantitative estimate of drug-likeness (QED) is 0.516. The summed E-state index contributed by atoms with van der Waals surface area (Å²) in [6, 6.07) is 5.18. The lowest BCUT2D eigenvalue weighted by Crippen LogP contribution is -2.40. The first-order valence-electron chi connectivity index (χ1n) is 8.82. The monoisotopic (exact) mass is 434 g/mol. The number of hydrogen-bond donors (Lipinski definition) is 3. The van der Waals surface area contributed by atoms with E-state index in [0.29, 0.717) is 12.1 Å². The molecule has 0 aromatic heterocycles. The Morgan fingerprint density at radius 1 is 1.14 bits per heavy atom. The maximum atomic E-state index is 12.6. The first-order chi connectivity index (χ1) is 12.7. The van der Waals surface area contributed by atoms with Gasteiger partial charge in [-0.25, -0.2) is 0 Å². The van der Waals surface area contributed by atoms with Gasteiger partial charge in [-0.05, 0) is 31.0 Å². The number of hydrogen-bond acceptors (Lipinski definition) is 6. The Morgan fingerprint density at radius 2 is 1.75 bits per heavy atom. The molecule has 11 heteroatoms. The van der Waals surface area contributed by atoms with Crippen molar-refractivity contribution in [2.24, 2.45) is 0 Å². The summed E-state index contributed by atoms with van der Waals surface area (Å²) in [6.07, 6.45) is 0.240. The first-order valence-corrected chi connectivity index (χ1v) is 12.0. The van der Waals surface area contributed by atoms with Gasteiger partial charge in [-0.15, -0.1) is 0 Å². The van der Waals surface area contributed by atoms with Gasteiger partial charge in [0.1, 0.15) is 0 Å². The van der Waals surface area contributed by atoms with E-state index in [0.717, 1.165) is 11.3 Å². The molecule has 28 heavy (non-hydrogen) atoms. The Labute approximate surface area is 165 Å². The van der Waals surface area contributed by atoms with Gasteiger partial charge in [-0.1, -0.05) is 19.9 Å². The lowest BCUT2D eigenvalue weighted by atomic mass is 9.79. The van der Waals surface area contributed by atoms with Crippen molar-refractivity contribution < 1.29 is 30.7 Å². The van der Waals surface area contributed by atoms with Crippen LogP contribution in [0.5, 0.6) is 0 Å². The number of nitrogens with zero attached hydrogens (tertiary/aromatic N) is 1. The van der Waals surface area contributed by atoms with Crippen molar-refractivity contribution in [1.82, 2.24) is 5.32 Å². The fraction of sp³-hybridized carbons (Fsp3) is 0.588. The summed E-state index contributed by atoms with van der Waals surface area (Å²) in [4.78, 5) is 14.6. The number of nitrogens with one attached hydrogen (secondary N) is 1. The minimum Gasteiger partial charge on any atom is -0.368 e. The molecule has 0 aliphatic carbocycles. The summed E-state index contributed by atoms with van der Waals surface area (Å²) >= 11 is 0. The minimum atomic E-state index is -4.17. The predicted molar refractivity (Wildman–Crippen MR) is 106 cm³/mol. The topological polar surface area (TPSA) is 141 Å². The lowest BCUT2D eigenvalue weighted by Gasteiger charge is -2.31. The van der Waals surface area contributed by atoms with Crippen molar-refractivity contribution in [3.63, 3.8) is 0 Å². The average Bonchev–Trinajstić information content (AvgIpc) is 2.73. The highest BCUT2D eigenvalue weighted by Crippen LogP contribution is 2.46. The zero-order chi connectivity index (χ0) is 21.3. The van der Waals surface area contributed by atoms with Crippen LogP contribution in [0, 0.1) is 0 Å². The predicted octanol–water partition coefficient (Wildman–Crippen LogP) is 1.07. The second-order valence-corrected chi connectivity index (χ2v) is 10.6. The Kier molecular flexibility index (Phi) is 6.44. The molecule has 0 spiro atoms. The second kappa shape index (κ2) is 7.97. The third-order valence-corrected chi connectivity index (χ3v) is 6.72. The molecule has 1 aromatic rings. The number of anilines is 1. The smallest absolute Gasteiger partial charge is 0.266 e. The van der Waals surface area contributed by atoms with E-state index in [1.165, 1.54) is 0 Å². The molecule has 9 nitrogen and oxygen atoms in total. The number of benzene rings is 1. The number of rotatable bonds is 8. The van der Waals surface area contributed by atoms with Gasteiger partial charge < -0.3 is 10.2 Å². The van der Waals surface area contributed by atoms with Gasteiger partial charge in [0, 0.05) is 35.8 Å². The molecule has 2 rings (SSSR count). The Balaban J connectivity index is 2.28. The third-order valence-electron chi connectivity index (χ3n) is 5.20. The van der Waals surface area contributed by atoms with Crippen LogP contribution in [0.4, 0.5) is 5.69 Å². The average molecular weight is 435 g/mol. The van der Waals surface area contributed by atoms with Crippen molar-refractivity contribution in [3.8, 4) is 0 Å². The van der Waals surface area contributed by atoms with Gasteiger partial charge >= 0.3 is 0 Å². The molecule has 0 bridgehead atoms. The highest BCUT2D eigenvalue weighted by Gasteiger charge is 2.44. The second-order valence-electron chi connectivity index (χ2n) is 7.47. The normalized spacial score (nSPS) is 18.8. The first kappa shape index (κ1) is 22.6. The molecule has 1 atom stereocenters. The molecular formula is C17H26N2O7S2. The van der Waals surface area contributed by atoms with Gasteiger partial charge in [0.15, 0.2) is 0 Å². The highest BCUT2D eigenvalue weighted by atomic mass is 32.2. The number of carbonyl (C=O) groups is 1. The summed E-state index contributed by atoms with van der Waals surface area (Å²) in [7, 11) is -8.21. The molecule has 3 N–H and O–H groups in total. The maximum absolute atomic E-state index is 12.6. The van der Waals surface area contributed by atoms with E-state index < -0.39 is 37.3 Å². The van der Waals surface area contributed by atoms with Crippen LogP contribution >= 0.6 is 0 Å². The molecule has 0 radical (unpaired) electrons. The SMILES string of the molecule is CC1N(CCCS(=O)(=O)O)c2cccc(C(=O)NCCS(=O)(=O)O)c2C1(C)C. The molecule has 1 heterocycles. The molecule has 158 valence electrons. The highest BCUT2D eigenvalue weighted by molar-refractivity contribution is 7.86. The summed E-state index contributed by atoms with van der Waals surface area (Å²) in [5.74, 6) is -1.36. The molecule has 1 unspecified atom stereocenters. The van der Waals surface area contributed by atoms with Gasteiger partial charge in [0.25, 0.3) is 26.1 Å². The van der Waals surface area contributed by atoms with E-state index >= 15 is 0 Å². The zero-order valence-electron chi connectivity index (χ0n) is 16.0. The van der Waals surface area contributed by atoms with E-state index in [-0.39, 0.29) is 24.8 Å². The van der Waals surface area contributed by atoms with E-state index in [1.807, 2.05) is 31.7 Å². The standard InChI is InChI=1S/C17H26N2O7S2/c1-12-17(2,3)15-13(16(20)18-8-11-28(24,25)26)6-4-7-14(15)19(12)9-5-10-27(21,22)23/h4,6-7,12H,5,8-11H2,1-3H3,(H,18,20)(H,21,22,23)(H,24,25,26). The summed E-state index contributed by atoms with van der Waals surface area (Å²) < 4.78 is 61.4. The molecule has 1 amide bonds. The van der Waals surface area contributed by atoms with Gasteiger partial charge in [-0.3, -0.25) is 13.9 Å². The summed E-state index contributed by atoms with van der Waals surface area (Å²) in [5.41, 5.74) is 1.57. The maximum Gasteiger partial charge on any atom is 0.266 e. The largest absolute Gasteiger partial charge is 0.368 e. The molecular weight excluding hydrogens is 408 g/mol. The van der Waals surface area contributed by atoms with Crippen LogP contribution in [-0.2, 0) is 25.7 Å². The summed E-state index contributed by atoms with van der Waals surface area (Å²) in [5, 5.41) is 2.51. The summed E-state index contributed by atoms with van der Waals surface area (Å²) in [6.45, 7) is 6.12. The van der Waals surface area contributed by atoms with Crippen LogP contribution in [0.3, 0.4) is 0 Å². The van der Waals surface area contributed by atoms with Crippen LogP contribution in [0.15, 0.2) is 18.2 Å². The van der Waals surface area contributed by atoms with E-state index in [4.69, 9.17) is 9.11 Å². The molecule has 0 saturated carbocycles. The molecule has 1 aromatic carbocycles. The number of amides is 1. The van der Waals surface area contributed by atoms with E-state index in [9.17, 15) is 21.6 Å². The Hall–Kier alpha value is -1.69. The number of carbonyl (C=O) groups excluding carboxylic acids is 1. The van der Waals surface area contributed by atoms with Crippen LogP contribution in [-0.4, -0.2) is 62.5 Å². The van der Waals surface area contributed by atoms with Crippen molar-refractivity contribution in [1.29, 1.82) is 0 Å². The molecule has 1 aliphatic heterocycles. The van der Waals surface area contributed by atoms with Crippen molar-refractivity contribution >= 4 is 31.8 Å². The number of fused-ring (bicyclic) bond motifs is 1. The Bertz CT molecular complexity index is 956. The minimum absolute atomic E-state index is 0.0318. The lowest BCUT2D eigenvalue weighted by molar-refractivity contribution is 0.0954. The third kappa shape index (κ3) is 5.22. The fourth-order valence-electron chi connectivity index (χ4n) is 3.57. The van der Waals surface area contributed by atoms with E-state index in [1.54, 1.807) is 12.1 Å². The van der Waals surface area contributed by atoms with Crippen molar-refractivity contribution in [2.45, 2.75) is 38.6 Å². The van der Waals surface area contributed by atoms with Crippen molar-refractivity contribution in [3.05, 3.63) is 29.3 Å². The van der Waals surface area contributed by atoms with Crippen LogP contribution < -0.4 is 10.2 Å². The Morgan fingerprint density at radius 3 is 2.32 bits per heavy atom. The molecule has 0 fully saturated rings. The fourth-order valence-corrected chi connectivity index (χ4v) is 4.43.